The molecule has 7 heteroatoms. The van der Waals surface area contributed by atoms with Gasteiger partial charge >= 0.3 is 6.36 Å². The molecule has 2 aromatic rings. The number of halogens is 3. The average molecular weight is 380 g/mol. The van der Waals surface area contributed by atoms with E-state index < -0.39 is 6.36 Å². The third kappa shape index (κ3) is 4.73. The van der Waals surface area contributed by atoms with Gasteiger partial charge in [0.1, 0.15) is 11.5 Å². The van der Waals surface area contributed by atoms with Crippen molar-refractivity contribution >= 4 is 0 Å². The van der Waals surface area contributed by atoms with E-state index in [0.29, 0.717) is 0 Å². The molecular formula is C20H23F3N2O2. The van der Waals surface area contributed by atoms with Gasteiger partial charge in [-0.3, -0.25) is 4.90 Å². The van der Waals surface area contributed by atoms with Crippen LogP contribution in [0.5, 0.6) is 11.5 Å². The number of ether oxygens (including phenoxy) is 1. The lowest BCUT2D eigenvalue weighted by Crippen LogP contribution is -2.45. The first-order valence-electron chi connectivity index (χ1n) is 8.85. The van der Waals surface area contributed by atoms with Gasteiger partial charge in [0.05, 0.1) is 6.04 Å². The number of phenols is 1. The molecule has 2 N–H and O–H groups in total. The first kappa shape index (κ1) is 19.5. The number of nitrogens with one attached hydrogen (secondary N) is 1. The zero-order valence-corrected chi connectivity index (χ0v) is 15.3. The fourth-order valence-corrected chi connectivity index (χ4v) is 3.55. The Morgan fingerprint density at radius 3 is 2.07 bits per heavy atom. The van der Waals surface area contributed by atoms with Crippen LogP contribution in [0, 0.1) is 13.8 Å². The second-order valence-electron chi connectivity index (χ2n) is 6.81. The maximum atomic E-state index is 12.4. The molecule has 27 heavy (non-hydrogen) atoms. The minimum Gasteiger partial charge on any atom is -0.507 e. The van der Waals surface area contributed by atoms with Crippen LogP contribution in [0.4, 0.5) is 13.2 Å². The van der Waals surface area contributed by atoms with Crippen molar-refractivity contribution in [3.8, 4) is 11.5 Å². The van der Waals surface area contributed by atoms with Crippen LogP contribution in [-0.2, 0) is 0 Å². The van der Waals surface area contributed by atoms with Crippen molar-refractivity contribution in [2.75, 3.05) is 26.2 Å². The van der Waals surface area contributed by atoms with Crippen LogP contribution in [0.1, 0.15) is 28.3 Å². The van der Waals surface area contributed by atoms with Crippen LogP contribution in [-0.4, -0.2) is 42.5 Å². The molecule has 1 aliphatic heterocycles. The molecule has 2 aromatic carbocycles. The van der Waals surface area contributed by atoms with Crippen molar-refractivity contribution in [1.29, 1.82) is 0 Å². The number of alkyl halides is 3. The smallest absolute Gasteiger partial charge is 0.507 e. The highest BCUT2D eigenvalue weighted by Crippen LogP contribution is 2.34. The number of hydrogen-bond acceptors (Lipinski definition) is 4. The summed E-state index contributed by atoms with van der Waals surface area (Å²) in [5.74, 6) is 0.0371. The van der Waals surface area contributed by atoms with Crippen LogP contribution in [0.2, 0.25) is 0 Å². The van der Waals surface area contributed by atoms with Crippen molar-refractivity contribution < 1.29 is 23.0 Å². The highest BCUT2D eigenvalue weighted by molar-refractivity contribution is 5.46. The molecule has 1 atom stereocenters. The number of benzene rings is 2. The SMILES string of the molecule is Cc1cc([C@@H](c2ccc(OC(F)(F)F)cc2)N2CCNCC2)cc(C)c1O. The molecule has 0 saturated carbocycles. The molecule has 0 aromatic heterocycles. The summed E-state index contributed by atoms with van der Waals surface area (Å²) in [5, 5.41) is 13.4. The zero-order valence-electron chi connectivity index (χ0n) is 15.3. The highest BCUT2D eigenvalue weighted by Gasteiger charge is 2.31. The van der Waals surface area contributed by atoms with Crippen molar-refractivity contribution in [2.45, 2.75) is 26.3 Å². The summed E-state index contributed by atoms with van der Waals surface area (Å²) in [6.07, 6.45) is -4.70. The molecule has 3 rings (SSSR count). The predicted octanol–water partition coefficient (Wildman–Crippen LogP) is 3.90. The Labute approximate surface area is 156 Å². The van der Waals surface area contributed by atoms with E-state index in [0.717, 1.165) is 48.4 Å². The molecule has 0 amide bonds. The Morgan fingerprint density at radius 2 is 1.56 bits per heavy atom. The Bertz CT molecular complexity index is 762. The van der Waals surface area contributed by atoms with Crippen LogP contribution in [0.15, 0.2) is 36.4 Å². The molecular weight excluding hydrogens is 357 g/mol. The molecule has 0 spiro atoms. The quantitative estimate of drug-likeness (QED) is 0.845. The molecule has 1 aliphatic rings. The van der Waals surface area contributed by atoms with Gasteiger partial charge in [-0.15, -0.1) is 13.2 Å². The first-order chi connectivity index (χ1) is 12.7. The highest BCUT2D eigenvalue weighted by atomic mass is 19.4. The molecule has 0 aliphatic carbocycles. The number of hydrogen-bond donors (Lipinski definition) is 2. The summed E-state index contributed by atoms with van der Waals surface area (Å²) in [6.45, 7) is 7.04. The molecule has 0 bridgehead atoms. The Hall–Kier alpha value is -2.25. The predicted molar refractivity (Wildman–Crippen MR) is 97.0 cm³/mol. The zero-order chi connectivity index (χ0) is 19.6. The van der Waals surface area contributed by atoms with Gasteiger partial charge < -0.3 is 15.2 Å². The molecule has 1 saturated heterocycles. The first-order valence-corrected chi connectivity index (χ1v) is 8.85. The third-order valence-corrected chi connectivity index (χ3v) is 4.78. The summed E-state index contributed by atoms with van der Waals surface area (Å²) in [6, 6.07) is 9.81. The summed E-state index contributed by atoms with van der Waals surface area (Å²) in [4.78, 5) is 2.29. The van der Waals surface area contributed by atoms with Crippen molar-refractivity contribution in [3.05, 3.63) is 58.7 Å². The van der Waals surface area contributed by atoms with Gasteiger partial charge in [-0.05, 0) is 48.2 Å². The number of rotatable bonds is 4. The van der Waals surface area contributed by atoms with Crippen LogP contribution in [0.25, 0.3) is 0 Å². The van der Waals surface area contributed by atoms with Gasteiger partial charge in [-0.25, -0.2) is 0 Å². The van der Waals surface area contributed by atoms with Crippen LogP contribution >= 0.6 is 0 Å². The van der Waals surface area contributed by atoms with Crippen LogP contribution in [0.3, 0.4) is 0 Å². The number of aryl methyl sites for hydroxylation is 2. The van der Waals surface area contributed by atoms with Crippen LogP contribution < -0.4 is 10.1 Å². The standard InChI is InChI=1S/C20H23F3N2O2/c1-13-11-16(12-14(2)19(13)26)18(25-9-7-24-8-10-25)15-3-5-17(6-4-15)27-20(21,22)23/h3-6,11-12,18,24,26H,7-10H2,1-2H3/t18-/m1/s1. The van der Waals surface area contributed by atoms with E-state index in [2.05, 4.69) is 15.0 Å². The van der Waals surface area contributed by atoms with Gasteiger partial charge in [0.25, 0.3) is 0 Å². The monoisotopic (exact) mass is 380 g/mol. The average Bonchev–Trinajstić information content (AvgIpc) is 2.61. The Balaban J connectivity index is 1.97. The summed E-state index contributed by atoms with van der Waals surface area (Å²) in [5.41, 5.74) is 3.45. The van der Waals surface area contributed by atoms with E-state index in [4.69, 9.17) is 0 Å². The number of nitrogens with zero attached hydrogens (tertiary/aromatic N) is 1. The second kappa shape index (κ2) is 7.78. The minimum absolute atomic E-state index is 0.106. The van der Waals surface area contributed by atoms with Gasteiger partial charge in [0.2, 0.25) is 0 Å². The number of piperazine rings is 1. The van der Waals surface area contributed by atoms with Gasteiger partial charge in [-0.2, -0.15) is 0 Å². The maximum Gasteiger partial charge on any atom is 0.573 e. The van der Waals surface area contributed by atoms with Crippen molar-refractivity contribution in [2.24, 2.45) is 0 Å². The van der Waals surface area contributed by atoms with Gasteiger partial charge in [0, 0.05) is 26.2 Å². The lowest BCUT2D eigenvalue weighted by molar-refractivity contribution is -0.274. The second-order valence-corrected chi connectivity index (χ2v) is 6.81. The summed E-state index contributed by atoms with van der Waals surface area (Å²) >= 11 is 0. The topological polar surface area (TPSA) is 44.7 Å². The lowest BCUT2D eigenvalue weighted by atomic mass is 9.93. The van der Waals surface area contributed by atoms with Crippen molar-refractivity contribution in [1.82, 2.24) is 10.2 Å². The van der Waals surface area contributed by atoms with E-state index in [1.54, 1.807) is 12.1 Å². The van der Waals surface area contributed by atoms with E-state index >= 15 is 0 Å². The van der Waals surface area contributed by atoms with E-state index in [9.17, 15) is 18.3 Å². The molecule has 0 unspecified atom stereocenters. The van der Waals surface area contributed by atoms with E-state index in [1.165, 1.54) is 12.1 Å². The fraction of sp³-hybridized carbons (Fsp3) is 0.400. The molecule has 4 nitrogen and oxygen atoms in total. The lowest BCUT2D eigenvalue weighted by Gasteiger charge is -2.36. The maximum absolute atomic E-state index is 12.4. The summed E-state index contributed by atoms with van der Waals surface area (Å²) < 4.78 is 41.3. The van der Waals surface area contributed by atoms with Crippen molar-refractivity contribution in [3.63, 3.8) is 0 Å². The van der Waals surface area contributed by atoms with Gasteiger partial charge in [0.15, 0.2) is 0 Å². The Kier molecular flexibility index (Phi) is 5.62. The minimum atomic E-state index is -4.70. The van der Waals surface area contributed by atoms with E-state index in [1.807, 2.05) is 26.0 Å². The summed E-state index contributed by atoms with van der Waals surface area (Å²) in [7, 11) is 0. The number of aromatic hydroxyl groups is 1. The molecule has 0 radical (unpaired) electrons. The molecule has 146 valence electrons. The fourth-order valence-electron chi connectivity index (χ4n) is 3.55. The number of phenolic OH excluding ortho intramolecular Hbond substituents is 1. The van der Waals surface area contributed by atoms with E-state index in [-0.39, 0.29) is 17.5 Å². The third-order valence-electron chi connectivity index (χ3n) is 4.78. The largest absolute Gasteiger partial charge is 0.573 e. The van der Waals surface area contributed by atoms with Gasteiger partial charge in [-0.1, -0.05) is 24.3 Å². The molecule has 1 heterocycles. The molecule has 1 fully saturated rings. The Morgan fingerprint density at radius 1 is 1.00 bits per heavy atom. The normalized spacial score (nSPS) is 16.9.